The number of non-ortho nitro benzene ring substituents is 1. The molecule has 10 heteroatoms. The smallest absolute Gasteiger partial charge is 0.270 e. The Labute approximate surface area is 166 Å². The Morgan fingerprint density at radius 1 is 1.21 bits per heavy atom. The summed E-state index contributed by atoms with van der Waals surface area (Å²) < 4.78 is 0. The van der Waals surface area contributed by atoms with Crippen LogP contribution in [-0.4, -0.2) is 59.3 Å². The van der Waals surface area contributed by atoms with Gasteiger partial charge in [0.25, 0.3) is 11.6 Å². The lowest BCUT2D eigenvalue weighted by atomic mass is 10.2. The third-order valence-corrected chi connectivity index (χ3v) is 4.56. The largest absolute Gasteiger partial charge is 0.352 e. The molecule has 0 bridgehead atoms. The molecule has 2 heterocycles. The van der Waals surface area contributed by atoms with E-state index in [0.29, 0.717) is 37.6 Å². The first-order valence-corrected chi connectivity index (χ1v) is 8.90. The molecule has 1 aliphatic rings. The highest BCUT2D eigenvalue weighted by Gasteiger charge is 2.23. The van der Waals surface area contributed by atoms with Crippen LogP contribution in [0.25, 0.3) is 0 Å². The Morgan fingerprint density at radius 3 is 2.66 bits per heavy atom. The van der Waals surface area contributed by atoms with E-state index in [0.717, 1.165) is 6.07 Å². The van der Waals surface area contributed by atoms with Crippen molar-refractivity contribution in [1.82, 2.24) is 15.2 Å². The molecular formula is C19H18N6O4. The molecule has 1 N–H and O–H groups in total. The van der Waals surface area contributed by atoms with E-state index >= 15 is 0 Å². The van der Waals surface area contributed by atoms with Gasteiger partial charge in [0.05, 0.1) is 17.0 Å². The maximum atomic E-state index is 12.4. The lowest BCUT2D eigenvalue weighted by Crippen LogP contribution is -2.51. The van der Waals surface area contributed by atoms with Crippen molar-refractivity contribution in [3.05, 3.63) is 63.8 Å². The minimum Gasteiger partial charge on any atom is -0.352 e. The maximum Gasteiger partial charge on any atom is 0.270 e. The number of rotatable bonds is 5. The van der Waals surface area contributed by atoms with Crippen LogP contribution in [0.2, 0.25) is 0 Å². The summed E-state index contributed by atoms with van der Waals surface area (Å²) >= 11 is 0. The van der Waals surface area contributed by atoms with Gasteiger partial charge in [-0.05, 0) is 18.2 Å². The molecule has 10 nitrogen and oxygen atoms in total. The molecule has 2 aromatic rings. The number of aromatic nitrogens is 1. The second-order valence-corrected chi connectivity index (χ2v) is 6.34. The van der Waals surface area contributed by atoms with E-state index in [9.17, 15) is 25.0 Å². The minimum absolute atomic E-state index is 0.121. The van der Waals surface area contributed by atoms with Gasteiger partial charge in [0, 0.05) is 50.1 Å². The number of carbonyl (C=O) groups excluding carboxylic acids is 2. The zero-order valence-electron chi connectivity index (χ0n) is 15.4. The molecule has 0 atom stereocenters. The summed E-state index contributed by atoms with van der Waals surface area (Å²) in [5.74, 6) is -0.195. The Kier molecular flexibility index (Phi) is 5.99. The van der Waals surface area contributed by atoms with Crippen LogP contribution >= 0.6 is 0 Å². The molecule has 148 valence electrons. The molecule has 1 aromatic carbocycles. The number of amides is 2. The van der Waals surface area contributed by atoms with Crippen LogP contribution in [0.1, 0.15) is 15.9 Å². The lowest BCUT2D eigenvalue weighted by molar-refractivity contribution is -0.384. The monoisotopic (exact) mass is 394 g/mol. The van der Waals surface area contributed by atoms with Gasteiger partial charge >= 0.3 is 0 Å². The molecule has 0 unspecified atom stereocenters. The van der Waals surface area contributed by atoms with Crippen molar-refractivity contribution in [2.45, 2.75) is 0 Å². The number of nitro benzene ring substituents is 1. The summed E-state index contributed by atoms with van der Waals surface area (Å²) in [6.45, 7) is 1.72. The highest BCUT2D eigenvalue weighted by atomic mass is 16.6. The van der Waals surface area contributed by atoms with Crippen LogP contribution < -0.4 is 10.2 Å². The van der Waals surface area contributed by atoms with E-state index in [1.54, 1.807) is 23.2 Å². The molecule has 0 radical (unpaired) electrons. The van der Waals surface area contributed by atoms with Crippen LogP contribution in [-0.2, 0) is 4.79 Å². The van der Waals surface area contributed by atoms with Crippen LogP contribution in [0, 0.1) is 21.4 Å². The van der Waals surface area contributed by atoms with Gasteiger partial charge in [-0.15, -0.1) is 0 Å². The minimum atomic E-state index is -0.583. The molecule has 0 aliphatic carbocycles. The van der Waals surface area contributed by atoms with Crippen LogP contribution in [0.5, 0.6) is 0 Å². The summed E-state index contributed by atoms with van der Waals surface area (Å²) in [5.41, 5.74) is 0.416. The summed E-state index contributed by atoms with van der Waals surface area (Å²) in [6.07, 6.45) is 1.62. The van der Waals surface area contributed by atoms with E-state index in [-0.39, 0.29) is 23.7 Å². The molecule has 0 spiro atoms. The number of nitro groups is 1. The highest BCUT2D eigenvalue weighted by molar-refractivity contribution is 5.97. The molecule has 0 saturated carbocycles. The van der Waals surface area contributed by atoms with E-state index in [2.05, 4.69) is 16.4 Å². The molecule has 1 saturated heterocycles. The Bertz CT molecular complexity index is 979. The number of hydrogen-bond acceptors (Lipinski definition) is 7. The van der Waals surface area contributed by atoms with Crippen molar-refractivity contribution in [2.75, 3.05) is 37.6 Å². The number of pyridine rings is 1. The summed E-state index contributed by atoms with van der Waals surface area (Å²) in [6, 6.07) is 10.8. The maximum absolute atomic E-state index is 12.4. The third kappa shape index (κ3) is 4.65. The average Bonchev–Trinajstić information content (AvgIpc) is 2.77. The van der Waals surface area contributed by atoms with E-state index in [1.807, 2.05) is 4.90 Å². The summed E-state index contributed by atoms with van der Waals surface area (Å²) in [5, 5.41) is 22.5. The van der Waals surface area contributed by atoms with Crippen molar-refractivity contribution in [3.63, 3.8) is 0 Å². The Balaban J connectivity index is 1.52. The normalized spacial score (nSPS) is 13.5. The fourth-order valence-electron chi connectivity index (χ4n) is 3.03. The van der Waals surface area contributed by atoms with Gasteiger partial charge in [0.2, 0.25) is 5.91 Å². The van der Waals surface area contributed by atoms with Crippen LogP contribution in [0.15, 0.2) is 42.6 Å². The van der Waals surface area contributed by atoms with E-state index in [1.165, 1.54) is 18.2 Å². The van der Waals surface area contributed by atoms with Gasteiger partial charge in [-0.2, -0.15) is 5.26 Å². The number of anilines is 1. The zero-order chi connectivity index (χ0) is 20.8. The molecule has 3 rings (SSSR count). The number of benzene rings is 1. The predicted molar refractivity (Wildman–Crippen MR) is 103 cm³/mol. The first-order chi connectivity index (χ1) is 14.0. The number of carbonyl (C=O) groups is 2. The van der Waals surface area contributed by atoms with Gasteiger partial charge in [0.1, 0.15) is 11.9 Å². The van der Waals surface area contributed by atoms with Gasteiger partial charge < -0.3 is 15.1 Å². The number of nitrogens with zero attached hydrogens (tertiary/aromatic N) is 5. The van der Waals surface area contributed by atoms with Crippen LogP contribution in [0.4, 0.5) is 11.5 Å². The zero-order valence-corrected chi connectivity index (χ0v) is 15.4. The number of nitrogens with one attached hydrogen (secondary N) is 1. The number of nitriles is 1. The van der Waals surface area contributed by atoms with Gasteiger partial charge in [-0.1, -0.05) is 6.07 Å². The Morgan fingerprint density at radius 2 is 1.97 bits per heavy atom. The van der Waals surface area contributed by atoms with Crippen molar-refractivity contribution >= 4 is 23.3 Å². The standard InChI is InChI=1S/C19H18N6O4/c20-12-15-4-2-6-21-18(15)24-9-7-23(8-10-24)17(26)13-22-19(27)14-3-1-5-16(11-14)25(28)29/h1-6,11H,7-10,13H2,(H,22,27). The molecule has 1 fully saturated rings. The molecular weight excluding hydrogens is 376 g/mol. The summed E-state index contributed by atoms with van der Waals surface area (Å²) in [7, 11) is 0. The molecule has 2 amide bonds. The van der Waals surface area contributed by atoms with Crippen molar-refractivity contribution in [1.29, 1.82) is 5.26 Å². The molecule has 1 aromatic heterocycles. The fraction of sp³-hybridized carbons (Fsp3) is 0.263. The van der Waals surface area contributed by atoms with Crippen molar-refractivity contribution in [2.24, 2.45) is 0 Å². The Hall–Kier alpha value is -4.00. The number of hydrogen-bond donors (Lipinski definition) is 1. The summed E-state index contributed by atoms with van der Waals surface area (Å²) in [4.78, 5) is 42.6. The number of piperazine rings is 1. The van der Waals surface area contributed by atoms with Crippen LogP contribution in [0.3, 0.4) is 0 Å². The SMILES string of the molecule is N#Cc1cccnc1N1CCN(C(=O)CNC(=O)c2cccc([N+](=O)[O-])c2)CC1. The molecule has 1 aliphatic heterocycles. The van der Waals surface area contributed by atoms with Gasteiger partial charge in [-0.25, -0.2) is 4.98 Å². The highest BCUT2D eigenvalue weighted by Crippen LogP contribution is 2.18. The first kappa shape index (κ1) is 19.8. The lowest BCUT2D eigenvalue weighted by Gasteiger charge is -2.35. The van der Waals surface area contributed by atoms with E-state index < -0.39 is 10.8 Å². The second-order valence-electron chi connectivity index (χ2n) is 6.34. The van der Waals surface area contributed by atoms with Crippen molar-refractivity contribution < 1.29 is 14.5 Å². The second kappa shape index (κ2) is 8.79. The van der Waals surface area contributed by atoms with Gasteiger partial charge in [-0.3, -0.25) is 19.7 Å². The fourth-order valence-corrected chi connectivity index (χ4v) is 3.03. The first-order valence-electron chi connectivity index (χ1n) is 8.90. The van der Waals surface area contributed by atoms with Gasteiger partial charge in [0.15, 0.2) is 0 Å². The van der Waals surface area contributed by atoms with Crippen molar-refractivity contribution in [3.8, 4) is 6.07 Å². The topological polar surface area (TPSA) is 132 Å². The quantitative estimate of drug-likeness (QED) is 0.589. The average molecular weight is 394 g/mol. The van der Waals surface area contributed by atoms with E-state index in [4.69, 9.17) is 0 Å². The molecule has 29 heavy (non-hydrogen) atoms. The third-order valence-electron chi connectivity index (χ3n) is 4.56. The predicted octanol–water partition coefficient (Wildman–Crippen LogP) is 0.940.